The van der Waals surface area contributed by atoms with Gasteiger partial charge in [0.1, 0.15) is 6.61 Å². The van der Waals surface area contributed by atoms with Gasteiger partial charge in [0.05, 0.1) is 29.5 Å². The van der Waals surface area contributed by atoms with Crippen LogP contribution in [-0.4, -0.2) is 49.2 Å². The van der Waals surface area contributed by atoms with E-state index in [4.69, 9.17) is 14.2 Å². The first-order valence-corrected chi connectivity index (χ1v) is 11.4. The van der Waals surface area contributed by atoms with Crippen LogP contribution < -0.4 is 4.90 Å². The number of ether oxygens (including phenoxy) is 3. The van der Waals surface area contributed by atoms with Crippen molar-refractivity contribution in [2.45, 2.75) is 96.7 Å². The molecule has 2 aliphatic rings. The summed E-state index contributed by atoms with van der Waals surface area (Å²) in [5, 5.41) is 0. The zero-order chi connectivity index (χ0) is 21.8. The van der Waals surface area contributed by atoms with Gasteiger partial charge in [-0.1, -0.05) is 17.9 Å². The average molecular weight is 414 g/mol. The molecule has 1 saturated carbocycles. The number of benzene rings is 1. The lowest BCUT2D eigenvalue weighted by Gasteiger charge is -2.42. The van der Waals surface area contributed by atoms with E-state index in [2.05, 4.69) is 61.8 Å². The molecule has 4 heteroatoms. The van der Waals surface area contributed by atoms with Crippen molar-refractivity contribution in [3.05, 3.63) is 29.8 Å². The van der Waals surface area contributed by atoms with Crippen molar-refractivity contribution < 1.29 is 14.2 Å². The van der Waals surface area contributed by atoms with E-state index in [1.165, 1.54) is 5.69 Å². The third kappa shape index (κ3) is 7.61. The Balaban J connectivity index is 1.42. The van der Waals surface area contributed by atoms with Crippen LogP contribution in [-0.2, 0) is 14.2 Å². The summed E-state index contributed by atoms with van der Waals surface area (Å²) in [6.45, 7) is 15.0. The quantitative estimate of drug-likeness (QED) is 0.622. The lowest BCUT2D eigenvalue weighted by atomic mass is 9.90. The highest BCUT2D eigenvalue weighted by Gasteiger charge is 2.35. The fraction of sp³-hybridized carbons (Fsp3) is 0.692. The molecule has 0 N–H and O–H groups in total. The van der Waals surface area contributed by atoms with Crippen LogP contribution in [0.1, 0.15) is 72.8 Å². The zero-order valence-corrected chi connectivity index (χ0v) is 19.7. The van der Waals surface area contributed by atoms with Gasteiger partial charge in [-0.15, -0.1) is 0 Å². The lowest BCUT2D eigenvalue weighted by molar-refractivity contribution is -0.164. The standard InChI is InChI=1S/C26H39NO3/c1-25(2,3)28-16-8-10-20-9-7-11-21(17-20)27-14-12-22(13-15-27)29-23-18-24(19-23)30-26(4,5)6/h7,9,11,17,22-24H,12-16,18-19H2,1-6H3. The predicted molar refractivity (Wildman–Crippen MR) is 123 cm³/mol. The first kappa shape index (κ1) is 23.1. The van der Waals surface area contributed by atoms with Crippen LogP contribution in [0.4, 0.5) is 5.69 Å². The molecule has 0 unspecified atom stereocenters. The van der Waals surface area contributed by atoms with E-state index in [-0.39, 0.29) is 11.2 Å². The van der Waals surface area contributed by atoms with Gasteiger partial charge in [-0.05, 0) is 85.4 Å². The second-order valence-corrected chi connectivity index (χ2v) is 10.5. The molecule has 166 valence electrons. The molecule has 1 aliphatic heterocycles. The van der Waals surface area contributed by atoms with Crippen LogP contribution in [0.25, 0.3) is 0 Å². The fourth-order valence-corrected chi connectivity index (χ4v) is 3.92. The van der Waals surface area contributed by atoms with E-state index in [0.717, 1.165) is 44.3 Å². The van der Waals surface area contributed by atoms with Gasteiger partial charge in [-0.2, -0.15) is 0 Å². The molecule has 0 amide bonds. The van der Waals surface area contributed by atoms with E-state index in [9.17, 15) is 0 Å². The van der Waals surface area contributed by atoms with Crippen LogP contribution in [0.5, 0.6) is 0 Å². The van der Waals surface area contributed by atoms with Crippen molar-refractivity contribution in [1.82, 2.24) is 0 Å². The number of piperidine rings is 1. The van der Waals surface area contributed by atoms with E-state index < -0.39 is 0 Å². The van der Waals surface area contributed by atoms with Crippen LogP contribution in [0.3, 0.4) is 0 Å². The lowest BCUT2D eigenvalue weighted by Crippen LogP contribution is -2.45. The molecule has 1 heterocycles. The highest BCUT2D eigenvalue weighted by Crippen LogP contribution is 2.32. The Kier molecular flexibility index (Phi) is 7.50. The molecule has 0 radical (unpaired) electrons. The molecule has 2 fully saturated rings. The molecule has 3 rings (SSSR count). The Labute approximate surface area is 183 Å². The Morgan fingerprint density at radius 3 is 2.27 bits per heavy atom. The minimum Gasteiger partial charge on any atom is -0.375 e. The molecular formula is C26H39NO3. The maximum Gasteiger partial charge on any atom is 0.108 e. The smallest absolute Gasteiger partial charge is 0.108 e. The molecule has 0 bridgehead atoms. The van der Waals surface area contributed by atoms with Gasteiger partial charge in [0.15, 0.2) is 0 Å². The summed E-state index contributed by atoms with van der Waals surface area (Å²) in [6, 6.07) is 8.52. The SMILES string of the molecule is CC(C)(C)OCC#Cc1cccc(N2CCC(OC3CC(OC(C)(C)C)C3)CC2)c1. The number of hydrogen-bond donors (Lipinski definition) is 0. The maximum absolute atomic E-state index is 6.33. The van der Waals surface area contributed by atoms with E-state index in [1.54, 1.807) is 0 Å². The minimum absolute atomic E-state index is 0.0560. The zero-order valence-electron chi connectivity index (χ0n) is 19.7. The van der Waals surface area contributed by atoms with E-state index >= 15 is 0 Å². The molecule has 0 aromatic heterocycles. The number of hydrogen-bond acceptors (Lipinski definition) is 4. The van der Waals surface area contributed by atoms with Gasteiger partial charge >= 0.3 is 0 Å². The average Bonchev–Trinajstić information content (AvgIpc) is 2.63. The molecule has 30 heavy (non-hydrogen) atoms. The number of rotatable bonds is 5. The van der Waals surface area contributed by atoms with Gasteiger partial charge in [-0.3, -0.25) is 0 Å². The highest BCUT2D eigenvalue weighted by atomic mass is 16.5. The van der Waals surface area contributed by atoms with Crippen LogP contribution in [0, 0.1) is 11.8 Å². The monoisotopic (exact) mass is 413 g/mol. The first-order chi connectivity index (χ1) is 14.1. The van der Waals surface area contributed by atoms with Gasteiger partial charge in [0.2, 0.25) is 0 Å². The minimum atomic E-state index is -0.150. The van der Waals surface area contributed by atoms with Crippen molar-refractivity contribution in [1.29, 1.82) is 0 Å². The molecular weight excluding hydrogens is 374 g/mol. The summed E-state index contributed by atoms with van der Waals surface area (Å²) >= 11 is 0. The predicted octanol–water partition coefficient (Wildman–Crippen LogP) is 5.18. The Bertz CT molecular complexity index is 736. The molecule has 1 aromatic rings. The topological polar surface area (TPSA) is 30.9 Å². The largest absolute Gasteiger partial charge is 0.375 e. The number of nitrogens with zero attached hydrogens (tertiary/aromatic N) is 1. The van der Waals surface area contributed by atoms with Crippen molar-refractivity contribution in [3.8, 4) is 11.8 Å². The van der Waals surface area contributed by atoms with Crippen molar-refractivity contribution in [2.75, 3.05) is 24.6 Å². The summed E-state index contributed by atoms with van der Waals surface area (Å²) in [7, 11) is 0. The highest BCUT2D eigenvalue weighted by molar-refractivity contribution is 5.52. The second-order valence-electron chi connectivity index (χ2n) is 10.5. The molecule has 4 nitrogen and oxygen atoms in total. The van der Waals surface area contributed by atoms with Crippen molar-refractivity contribution >= 4 is 5.69 Å². The van der Waals surface area contributed by atoms with E-state index in [1.807, 2.05) is 20.8 Å². The van der Waals surface area contributed by atoms with Crippen molar-refractivity contribution in [3.63, 3.8) is 0 Å². The Hall–Kier alpha value is -1.54. The summed E-state index contributed by atoms with van der Waals surface area (Å²) < 4.78 is 18.0. The summed E-state index contributed by atoms with van der Waals surface area (Å²) in [5.74, 6) is 6.36. The molecule has 0 spiro atoms. The summed E-state index contributed by atoms with van der Waals surface area (Å²) in [6.07, 6.45) is 5.36. The van der Waals surface area contributed by atoms with E-state index in [0.29, 0.717) is 24.9 Å². The second kappa shape index (κ2) is 9.73. The van der Waals surface area contributed by atoms with Gasteiger partial charge < -0.3 is 19.1 Å². The third-order valence-electron chi connectivity index (χ3n) is 5.42. The van der Waals surface area contributed by atoms with Crippen LogP contribution >= 0.6 is 0 Å². The maximum atomic E-state index is 6.33. The van der Waals surface area contributed by atoms with Crippen LogP contribution in [0.15, 0.2) is 24.3 Å². The third-order valence-corrected chi connectivity index (χ3v) is 5.42. The number of anilines is 1. The summed E-state index contributed by atoms with van der Waals surface area (Å²) in [4.78, 5) is 2.45. The van der Waals surface area contributed by atoms with Gasteiger partial charge in [0, 0.05) is 24.3 Å². The fourth-order valence-electron chi connectivity index (χ4n) is 3.92. The normalized spacial score (nSPS) is 22.9. The van der Waals surface area contributed by atoms with Crippen LogP contribution in [0.2, 0.25) is 0 Å². The molecule has 0 atom stereocenters. The van der Waals surface area contributed by atoms with Gasteiger partial charge in [0.25, 0.3) is 0 Å². The van der Waals surface area contributed by atoms with Crippen molar-refractivity contribution in [2.24, 2.45) is 0 Å². The first-order valence-electron chi connectivity index (χ1n) is 11.4. The molecule has 1 saturated heterocycles. The molecule has 1 aliphatic carbocycles. The molecule has 1 aromatic carbocycles. The summed E-state index contributed by atoms with van der Waals surface area (Å²) in [5.41, 5.74) is 2.09. The Morgan fingerprint density at radius 2 is 1.63 bits per heavy atom. The van der Waals surface area contributed by atoms with Gasteiger partial charge in [-0.25, -0.2) is 0 Å². The Morgan fingerprint density at radius 1 is 0.933 bits per heavy atom.